The Balaban J connectivity index is 2.66. The number of carboxylic acids is 1. The summed E-state index contributed by atoms with van der Waals surface area (Å²) in [5, 5.41) is 23.8. The number of hydrogen-bond donors (Lipinski definition) is 4. The fourth-order valence-electron chi connectivity index (χ4n) is 1.91. The van der Waals surface area contributed by atoms with Gasteiger partial charge in [0.1, 0.15) is 0 Å². The number of aliphatic hydroxyl groups excluding tert-OH is 1. The van der Waals surface area contributed by atoms with E-state index in [2.05, 4.69) is 10.6 Å². The van der Waals surface area contributed by atoms with Crippen molar-refractivity contribution in [2.75, 3.05) is 13.1 Å². The number of carboxylic acid groups (broad SMARTS) is 1. The normalized spacial score (nSPS) is 22.5. The molecule has 6 heteroatoms. The molecular weight excluding hydrogens is 224 g/mol. The van der Waals surface area contributed by atoms with E-state index in [1.807, 2.05) is 6.92 Å². The van der Waals surface area contributed by atoms with Crippen LogP contribution in [-0.2, 0) is 9.59 Å². The minimum atomic E-state index is -1.24. The van der Waals surface area contributed by atoms with Crippen molar-refractivity contribution in [2.24, 2.45) is 5.41 Å². The third-order valence-corrected chi connectivity index (χ3v) is 3.29. The van der Waals surface area contributed by atoms with Crippen molar-refractivity contribution in [1.82, 2.24) is 10.6 Å². The number of hydrogen-bond acceptors (Lipinski definition) is 4. The summed E-state index contributed by atoms with van der Waals surface area (Å²) < 4.78 is 0. The molecule has 1 aliphatic heterocycles. The first-order valence-corrected chi connectivity index (χ1v) is 5.79. The van der Waals surface area contributed by atoms with E-state index in [1.54, 1.807) is 0 Å². The molecule has 17 heavy (non-hydrogen) atoms. The molecule has 2 atom stereocenters. The van der Waals surface area contributed by atoms with Gasteiger partial charge in [0.2, 0.25) is 5.91 Å². The van der Waals surface area contributed by atoms with Crippen molar-refractivity contribution >= 4 is 11.9 Å². The number of carbonyl (C=O) groups is 2. The molecule has 98 valence electrons. The highest BCUT2D eigenvalue weighted by atomic mass is 16.4. The predicted octanol–water partition coefficient (Wildman–Crippen LogP) is -0.674. The molecular formula is C11H20N2O4. The van der Waals surface area contributed by atoms with Gasteiger partial charge >= 0.3 is 5.97 Å². The van der Waals surface area contributed by atoms with Crippen LogP contribution in [-0.4, -0.2) is 47.3 Å². The topological polar surface area (TPSA) is 98.7 Å². The molecule has 1 saturated heterocycles. The van der Waals surface area contributed by atoms with E-state index >= 15 is 0 Å². The third-order valence-electron chi connectivity index (χ3n) is 3.29. The van der Waals surface area contributed by atoms with Crippen molar-refractivity contribution in [2.45, 2.75) is 38.8 Å². The van der Waals surface area contributed by atoms with Crippen molar-refractivity contribution in [3.63, 3.8) is 0 Å². The first kappa shape index (κ1) is 13.9. The molecule has 0 spiro atoms. The average molecular weight is 244 g/mol. The molecule has 1 aliphatic rings. The summed E-state index contributed by atoms with van der Waals surface area (Å²) in [7, 11) is 0. The van der Waals surface area contributed by atoms with Gasteiger partial charge in [-0.3, -0.25) is 4.79 Å². The lowest BCUT2D eigenvalue weighted by Gasteiger charge is -2.33. The van der Waals surface area contributed by atoms with E-state index in [0.29, 0.717) is 12.8 Å². The van der Waals surface area contributed by atoms with E-state index in [4.69, 9.17) is 5.11 Å². The van der Waals surface area contributed by atoms with E-state index in [9.17, 15) is 14.7 Å². The minimum absolute atomic E-state index is 0.299. The van der Waals surface area contributed by atoms with Crippen LogP contribution in [0.2, 0.25) is 0 Å². The number of carbonyl (C=O) groups excluding carboxylic acids is 1. The molecule has 1 amide bonds. The smallest absolute Gasteiger partial charge is 0.328 e. The number of nitrogens with one attached hydrogen (secondary N) is 2. The fraction of sp³-hybridized carbons (Fsp3) is 0.818. The second kappa shape index (κ2) is 5.46. The number of amides is 1. The van der Waals surface area contributed by atoms with E-state index in [0.717, 1.165) is 13.1 Å². The van der Waals surface area contributed by atoms with Crippen LogP contribution in [0.5, 0.6) is 0 Å². The van der Waals surface area contributed by atoms with Gasteiger partial charge in [0.25, 0.3) is 0 Å². The summed E-state index contributed by atoms with van der Waals surface area (Å²) in [6.45, 7) is 4.67. The quantitative estimate of drug-likeness (QED) is 0.525. The highest BCUT2D eigenvalue weighted by molar-refractivity contribution is 5.87. The molecule has 0 aromatic rings. The predicted molar refractivity (Wildman–Crippen MR) is 61.5 cm³/mol. The van der Waals surface area contributed by atoms with Crippen LogP contribution in [0.25, 0.3) is 0 Å². The van der Waals surface area contributed by atoms with Gasteiger partial charge in [0.15, 0.2) is 6.04 Å². The van der Waals surface area contributed by atoms with Crippen LogP contribution in [0.15, 0.2) is 0 Å². The fourth-order valence-corrected chi connectivity index (χ4v) is 1.91. The SMILES string of the molecule is CC(O)C(NC(=O)C1(C)CCNCC1)C(=O)O. The first-order chi connectivity index (χ1) is 7.87. The van der Waals surface area contributed by atoms with Crippen LogP contribution in [0.1, 0.15) is 26.7 Å². The molecule has 0 bridgehead atoms. The Morgan fingerprint density at radius 3 is 2.29 bits per heavy atom. The minimum Gasteiger partial charge on any atom is -0.480 e. The maximum absolute atomic E-state index is 12.0. The summed E-state index contributed by atoms with van der Waals surface area (Å²) in [5.74, 6) is -1.52. The largest absolute Gasteiger partial charge is 0.480 e. The summed E-state index contributed by atoms with van der Waals surface area (Å²) in [4.78, 5) is 22.9. The molecule has 6 nitrogen and oxygen atoms in total. The van der Waals surface area contributed by atoms with Gasteiger partial charge in [-0.25, -0.2) is 4.79 Å². The highest BCUT2D eigenvalue weighted by Crippen LogP contribution is 2.28. The maximum Gasteiger partial charge on any atom is 0.328 e. The molecule has 1 rings (SSSR count). The standard InChI is InChI=1S/C11H20N2O4/c1-7(14)8(9(15)16)13-10(17)11(2)3-5-12-6-4-11/h7-8,12,14H,3-6H2,1-2H3,(H,13,17)(H,15,16). The molecule has 0 aromatic carbocycles. The molecule has 4 N–H and O–H groups in total. The Morgan fingerprint density at radius 2 is 1.88 bits per heavy atom. The van der Waals surface area contributed by atoms with Crippen LogP contribution >= 0.6 is 0 Å². The van der Waals surface area contributed by atoms with Gasteiger partial charge in [-0.2, -0.15) is 0 Å². The number of piperidine rings is 1. The Labute approximate surface area is 100 Å². The summed E-state index contributed by atoms with van der Waals surface area (Å²) >= 11 is 0. The highest BCUT2D eigenvalue weighted by Gasteiger charge is 2.37. The Morgan fingerprint density at radius 1 is 1.35 bits per heavy atom. The lowest BCUT2D eigenvalue weighted by Crippen LogP contribution is -2.54. The number of aliphatic hydroxyl groups is 1. The van der Waals surface area contributed by atoms with Gasteiger partial charge < -0.3 is 20.8 Å². The second-order valence-corrected chi connectivity index (χ2v) is 4.84. The summed E-state index contributed by atoms with van der Waals surface area (Å²) in [5.41, 5.74) is -0.548. The van der Waals surface area contributed by atoms with E-state index in [-0.39, 0.29) is 5.91 Å². The monoisotopic (exact) mass is 244 g/mol. The summed E-state index contributed by atoms with van der Waals surface area (Å²) in [6.07, 6.45) is 0.234. The lowest BCUT2D eigenvalue weighted by atomic mass is 9.80. The van der Waals surface area contributed by atoms with Gasteiger partial charge in [0.05, 0.1) is 6.10 Å². The molecule has 0 aromatic heterocycles. The van der Waals surface area contributed by atoms with Gasteiger partial charge in [-0.05, 0) is 32.9 Å². The zero-order valence-corrected chi connectivity index (χ0v) is 10.2. The van der Waals surface area contributed by atoms with Gasteiger partial charge in [-0.15, -0.1) is 0 Å². The van der Waals surface area contributed by atoms with Crippen molar-refractivity contribution in [3.8, 4) is 0 Å². The molecule has 1 fully saturated rings. The van der Waals surface area contributed by atoms with Crippen molar-refractivity contribution in [3.05, 3.63) is 0 Å². The van der Waals surface area contributed by atoms with Crippen LogP contribution in [0, 0.1) is 5.41 Å². The van der Waals surface area contributed by atoms with E-state index in [1.165, 1.54) is 6.92 Å². The van der Waals surface area contributed by atoms with E-state index < -0.39 is 23.5 Å². The van der Waals surface area contributed by atoms with Crippen LogP contribution in [0.3, 0.4) is 0 Å². The van der Waals surface area contributed by atoms with Crippen molar-refractivity contribution in [1.29, 1.82) is 0 Å². The number of rotatable bonds is 4. The lowest BCUT2D eigenvalue weighted by molar-refractivity contribution is -0.147. The Kier molecular flexibility index (Phi) is 4.47. The van der Waals surface area contributed by atoms with Gasteiger partial charge in [0, 0.05) is 5.41 Å². The Bertz CT molecular complexity index is 298. The molecule has 1 heterocycles. The number of aliphatic carboxylic acids is 1. The van der Waals surface area contributed by atoms with Crippen molar-refractivity contribution < 1.29 is 19.8 Å². The maximum atomic E-state index is 12.0. The van der Waals surface area contributed by atoms with Gasteiger partial charge in [-0.1, -0.05) is 6.92 Å². The first-order valence-electron chi connectivity index (χ1n) is 5.79. The zero-order chi connectivity index (χ0) is 13.1. The average Bonchev–Trinajstić information content (AvgIpc) is 2.25. The Hall–Kier alpha value is -1.14. The summed E-state index contributed by atoms with van der Waals surface area (Å²) in [6, 6.07) is -1.24. The molecule has 0 aliphatic carbocycles. The molecule has 0 saturated carbocycles. The van der Waals surface area contributed by atoms with Crippen LogP contribution in [0.4, 0.5) is 0 Å². The zero-order valence-electron chi connectivity index (χ0n) is 10.2. The van der Waals surface area contributed by atoms with Crippen LogP contribution < -0.4 is 10.6 Å². The molecule has 0 radical (unpaired) electrons. The molecule has 2 unspecified atom stereocenters. The second-order valence-electron chi connectivity index (χ2n) is 4.84. The third kappa shape index (κ3) is 3.41.